The molecule has 1 aliphatic heterocycles. The number of likely N-dealkylation sites (tertiary alicyclic amines) is 1. The minimum Gasteiger partial charge on any atom is -0.396 e. The van der Waals surface area contributed by atoms with Gasteiger partial charge in [-0.3, -0.25) is 9.88 Å². The van der Waals surface area contributed by atoms with E-state index < -0.39 is 0 Å². The first-order valence-electron chi connectivity index (χ1n) is 8.54. The lowest BCUT2D eigenvalue weighted by atomic mass is 9.97. The summed E-state index contributed by atoms with van der Waals surface area (Å²) in [7, 11) is 0. The number of aliphatic hydroxyl groups is 1. The molecular weight excluding hydrogens is 335 g/mol. The predicted octanol–water partition coefficient (Wildman–Crippen LogP) is 2.48. The van der Waals surface area contributed by atoms with Crippen molar-refractivity contribution in [2.75, 3.05) is 19.7 Å². The fourth-order valence-corrected chi connectivity index (χ4v) is 3.41. The molecule has 0 amide bonds. The first-order chi connectivity index (χ1) is 12.7. The van der Waals surface area contributed by atoms with E-state index in [1.807, 2.05) is 12.1 Å². The molecule has 4 rings (SSSR count). The van der Waals surface area contributed by atoms with Gasteiger partial charge in [-0.05, 0) is 29.8 Å². The summed E-state index contributed by atoms with van der Waals surface area (Å²) in [5, 5.41) is 13.8. The van der Waals surface area contributed by atoms with Crippen LogP contribution in [0.1, 0.15) is 17.4 Å². The average molecular weight is 354 g/mol. The summed E-state index contributed by atoms with van der Waals surface area (Å²) >= 11 is 0. The van der Waals surface area contributed by atoms with Gasteiger partial charge in [0.05, 0.1) is 5.92 Å². The lowest BCUT2D eigenvalue weighted by molar-refractivity contribution is 0.205. The molecule has 7 heteroatoms. The van der Waals surface area contributed by atoms with Crippen LogP contribution in [0, 0.1) is 11.7 Å². The maximum atomic E-state index is 13.1. The molecule has 0 bridgehead atoms. The van der Waals surface area contributed by atoms with E-state index in [1.165, 1.54) is 12.1 Å². The fraction of sp³-hybridized carbons (Fsp3) is 0.316. The topological polar surface area (TPSA) is 75.3 Å². The lowest BCUT2D eigenvalue weighted by Gasteiger charge is -2.15. The Morgan fingerprint density at radius 3 is 2.62 bits per heavy atom. The zero-order chi connectivity index (χ0) is 17.9. The van der Waals surface area contributed by atoms with Gasteiger partial charge in [-0.25, -0.2) is 4.39 Å². The van der Waals surface area contributed by atoms with Crippen molar-refractivity contribution in [3.63, 3.8) is 0 Å². The summed E-state index contributed by atoms with van der Waals surface area (Å²) < 4.78 is 18.5. The average Bonchev–Trinajstić information content (AvgIpc) is 3.31. The van der Waals surface area contributed by atoms with E-state index in [2.05, 4.69) is 20.0 Å². The molecule has 3 heterocycles. The number of nitrogens with zero attached hydrogens (tertiary/aromatic N) is 4. The zero-order valence-electron chi connectivity index (χ0n) is 14.1. The molecule has 1 aliphatic rings. The van der Waals surface area contributed by atoms with E-state index in [1.54, 1.807) is 24.5 Å². The van der Waals surface area contributed by atoms with Crippen molar-refractivity contribution in [3.05, 3.63) is 66.1 Å². The molecule has 1 N–H and O–H groups in total. The van der Waals surface area contributed by atoms with Crippen LogP contribution in [-0.4, -0.2) is 44.8 Å². The number of benzene rings is 1. The van der Waals surface area contributed by atoms with Gasteiger partial charge in [-0.15, -0.1) is 0 Å². The third kappa shape index (κ3) is 3.49. The second-order valence-corrected chi connectivity index (χ2v) is 6.56. The second-order valence-electron chi connectivity index (χ2n) is 6.56. The number of aliphatic hydroxyl groups excluding tert-OH is 1. The molecule has 0 aliphatic carbocycles. The van der Waals surface area contributed by atoms with Crippen LogP contribution in [0.25, 0.3) is 11.4 Å². The molecule has 0 spiro atoms. The van der Waals surface area contributed by atoms with E-state index in [0.29, 0.717) is 24.8 Å². The molecule has 1 saturated heterocycles. The molecular formula is C19H19FN4O2. The number of rotatable bonds is 5. The van der Waals surface area contributed by atoms with Crippen molar-refractivity contribution in [2.24, 2.45) is 5.92 Å². The monoisotopic (exact) mass is 354 g/mol. The van der Waals surface area contributed by atoms with Crippen LogP contribution in [0.4, 0.5) is 4.39 Å². The molecule has 2 atom stereocenters. The highest BCUT2D eigenvalue weighted by atomic mass is 19.1. The highest BCUT2D eigenvalue weighted by molar-refractivity contribution is 5.52. The normalized spacial score (nSPS) is 20.5. The van der Waals surface area contributed by atoms with Crippen LogP contribution in [-0.2, 0) is 6.54 Å². The highest BCUT2D eigenvalue weighted by Gasteiger charge is 2.37. The van der Waals surface area contributed by atoms with Crippen LogP contribution in [0.5, 0.6) is 0 Å². The Bertz CT molecular complexity index is 853. The largest absolute Gasteiger partial charge is 0.396 e. The summed E-state index contributed by atoms with van der Waals surface area (Å²) in [5.74, 6) is 0.828. The minimum atomic E-state index is -0.240. The third-order valence-electron chi connectivity index (χ3n) is 4.77. The molecule has 2 aromatic heterocycles. The van der Waals surface area contributed by atoms with Crippen LogP contribution in [0.3, 0.4) is 0 Å². The van der Waals surface area contributed by atoms with Gasteiger partial charge in [0.2, 0.25) is 11.7 Å². The van der Waals surface area contributed by atoms with Gasteiger partial charge in [-0.1, -0.05) is 17.3 Å². The first kappa shape index (κ1) is 16.8. The predicted molar refractivity (Wildman–Crippen MR) is 92.5 cm³/mol. The van der Waals surface area contributed by atoms with Gasteiger partial charge in [0.1, 0.15) is 5.82 Å². The Hall–Kier alpha value is -2.64. The molecule has 2 unspecified atom stereocenters. The summed E-state index contributed by atoms with van der Waals surface area (Å²) in [6, 6.07) is 10.1. The van der Waals surface area contributed by atoms with Gasteiger partial charge in [-0.2, -0.15) is 4.98 Å². The summed E-state index contributed by atoms with van der Waals surface area (Å²) in [6.45, 7) is 2.18. The van der Waals surface area contributed by atoms with Crippen molar-refractivity contribution >= 4 is 0 Å². The number of hydrogen-bond acceptors (Lipinski definition) is 6. The Morgan fingerprint density at radius 1 is 1.12 bits per heavy atom. The number of aromatic nitrogens is 3. The Balaban J connectivity index is 1.49. The Morgan fingerprint density at radius 2 is 1.88 bits per heavy atom. The molecule has 6 nitrogen and oxygen atoms in total. The Labute approximate surface area is 150 Å². The van der Waals surface area contributed by atoms with Crippen molar-refractivity contribution in [3.8, 4) is 11.4 Å². The van der Waals surface area contributed by atoms with E-state index in [9.17, 15) is 9.50 Å². The molecule has 0 saturated carbocycles. The summed E-state index contributed by atoms with van der Waals surface area (Å²) in [5.41, 5.74) is 1.88. The van der Waals surface area contributed by atoms with Crippen molar-refractivity contribution in [1.29, 1.82) is 0 Å². The molecule has 1 fully saturated rings. The van der Waals surface area contributed by atoms with Gasteiger partial charge in [0.15, 0.2) is 0 Å². The van der Waals surface area contributed by atoms with Gasteiger partial charge in [0.25, 0.3) is 0 Å². The highest BCUT2D eigenvalue weighted by Crippen LogP contribution is 2.33. The van der Waals surface area contributed by atoms with Gasteiger partial charge >= 0.3 is 0 Å². The maximum Gasteiger partial charge on any atom is 0.231 e. The standard InChI is InChI=1S/C19H19FN4O2/c20-16-3-1-13(2-4-16)9-24-10-15(12-25)17(11-24)19-22-18(23-26-19)14-5-7-21-8-6-14/h1-8,15,17,25H,9-12H2. The smallest absolute Gasteiger partial charge is 0.231 e. The maximum absolute atomic E-state index is 13.1. The van der Waals surface area contributed by atoms with E-state index in [-0.39, 0.29) is 24.3 Å². The number of hydrogen-bond donors (Lipinski definition) is 1. The fourth-order valence-electron chi connectivity index (χ4n) is 3.41. The third-order valence-corrected chi connectivity index (χ3v) is 4.77. The van der Waals surface area contributed by atoms with Crippen molar-refractivity contribution < 1.29 is 14.0 Å². The van der Waals surface area contributed by atoms with E-state index in [0.717, 1.165) is 17.7 Å². The van der Waals surface area contributed by atoms with Crippen LogP contribution >= 0.6 is 0 Å². The molecule has 134 valence electrons. The van der Waals surface area contributed by atoms with Gasteiger partial charge < -0.3 is 9.63 Å². The molecule has 26 heavy (non-hydrogen) atoms. The minimum absolute atomic E-state index is 0.0245. The van der Waals surface area contributed by atoms with Gasteiger partial charge in [0, 0.05) is 50.1 Å². The molecule has 1 aromatic carbocycles. The van der Waals surface area contributed by atoms with Crippen LogP contribution in [0.2, 0.25) is 0 Å². The van der Waals surface area contributed by atoms with Crippen molar-refractivity contribution in [1.82, 2.24) is 20.0 Å². The number of pyridine rings is 1. The molecule has 3 aromatic rings. The van der Waals surface area contributed by atoms with E-state index in [4.69, 9.17) is 4.52 Å². The zero-order valence-corrected chi connectivity index (χ0v) is 14.1. The quantitative estimate of drug-likeness (QED) is 0.759. The Kier molecular flexibility index (Phi) is 4.73. The lowest BCUT2D eigenvalue weighted by Crippen LogP contribution is -2.20. The summed E-state index contributed by atoms with van der Waals surface area (Å²) in [4.78, 5) is 10.7. The SMILES string of the molecule is OCC1CN(Cc2ccc(F)cc2)CC1c1nc(-c2ccncc2)no1. The van der Waals surface area contributed by atoms with Crippen LogP contribution in [0.15, 0.2) is 53.3 Å². The van der Waals surface area contributed by atoms with Crippen molar-refractivity contribution in [2.45, 2.75) is 12.5 Å². The number of halogens is 1. The van der Waals surface area contributed by atoms with E-state index >= 15 is 0 Å². The second kappa shape index (κ2) is 7.31. The molecule has 0 radical (unpaired) electrons. The summed E-state index contributed by atoms with van der Waals surface area (Å²) in [6.07, 6.45) is 3.36. The first-order valence-corrected chi connectivity index (χ1v) is 8.54. The van der Waals surface area contributed by atoms with Crippen LogP contribution < -0.4 is 0 Å².